The Morgan fingerprint density at radius 2 is 1.78 bits per heavy atom. The number of primary sulfonamides is 1. The summed E-state index contributed by atoms with van der Waals surface area (Å²) in [5.41, 5.74) is -0.0344. The van der Waals surface area contributed by atoms with Gasteiger partial charge in [-0.25, -0.2) is 13.6 Å². The van der Waals surface area contributed by atoms with Crippen LogP contribution in [0.1, 0.15) is 15.9 Å². The van der Waals surface area contributed by atoms with E-state index in [9.17, 15) is 26.4 Å². The van der Waals surface area contributed by atoms with Crippen molar-refractivity contribution in [3.05, 3.63) is 46.8 Å². The molecule has 6 nitrogen and oxygen atoms in total. The van der Waals surface area contributed by atoms with E-state index in [1.54, 1.807) is 15.9 Å². The third-order valence-electron chi connectivity index (χ3n) is 4.21. The van der Waals surface area contributed by atoms with Crippen molar-refractivity contribution in [2.75, 3.05) is 31.1 Å². The van der Waals surface area contributed by atoms with Crippen LogP contribution in [-0.4, -0.2) is 45.4 Å². The van der Waals surface area contributed by atoms with E-state index in [1.807, 2.05) is 0 Å². The summed E-state index contributed by atoms with van der Waals surface area (Å²) in [5, 5.41) is 6.48. The summed E-state index contributed by atoms with van der Waals surface area (Å²) in [4.78, 5) is 15.8. The number of benzene rings is 1. The maximum Gasteiger partial charge on any atom is 0.416 e. The molecule has 0 radical (unpaired) electrons. The zero-order chi connectivity index (χ0) is 19.8. The maximum absolute atomic E-state index is 12.9. The van der Waals surface area contributed by atoms with Crippen molar-refractivity contribution in [2.24, 2.45) is 5.14 Å². The normalized spacial score (nSPS) is 15.9. The van der Waals surface area contributed by atoms with Crippen LogP contribution in [0.3, 0.4) is 0 Å². The number of hydrogen-bond donors (Lipinski definition) is 1. The number of piperazine rings is 1. The number of hydrogen-bond acceptors (Lipinski definition) is 5. The van der Waals surface area contributed by atoms with Gasteiger partial charge in [-0.3, -0.25) is 4.79 Å². The minimum absolute atomic E-state index is 0.0894. The molecular formula is C16H16F3N3O3S2. The minimum atomic E-state index is -4.41. The number of sulfonamides is 1. The number of carbonyl (C=O) groups excluding carboxylic acids is 1. The first-order valence-corrected chi connectivity index (χ1v) is 10.3. The van der Waals surface area contributed by atoms with Gasteiger partial charge >= 0.3 is 6.18 Å². The molecule has 146 valence electrons. The second kappa shape index (κ2) is 7.13. The lowest BCUT2D eigenvalue weighted by Gasteiger charge is -2.36. The van der Waals surface area contributed by atoms with E-state index in [4.69, 9.17) is 5.14 Å². The van der Waals surface area contributed by atoms with Crippen LogP contribution < -0.4 is 10.0 Å². The quantitative estimate of drug-likeness (QED) is 0.828. The molecule has 1 aliphatic rings. The molecule has 1 amide bonds. The highest BCUT2D eigenvalue weighted by Gasteiger charge is 2.31. The minimum Gasteiger partial charge on any atom is -0.368 e. The number of nitrogens with two attached hydrogens (primary N) is 1. The van der Waals surface area contributed by atoms with Crippen LogP contribution in [0.2, 0.25) is 0 Å². The smallest absolute Gasteiger partial charge is 0.368 e. The SMILES string of the molecule is NS(=O)(=O)c1cc(C(=O)N2CCN(c3cccc(C(F)(F)F)c3)CC2)cs1. The summed E-state index contributed by atoms with van der Waals surface area (Å²) in [5.74, 6) is -0.329. The molecule has 3 rings (SSSR count). The summed E-state index contributed by atoms with van der Waals surface area (Å²) in [6, 6.07) is 6.30. The summed E-state index contributed by atoms with van der Waals surface area (Å²) >= 11 is 0.873. The van der Waals surface area contributed by atoms with Crippen molar-refractivity contribution >= 4 is 33.0 Å². The van der Waals surface area contributed by atoms with E-state index >= 15 is 0 Å². The number of amides is 1. The van der Waals surface area contributed by atoms with Gasteiger partial charge in [-0.05, 0) is 24.3 Å². The van der Waals surface area contributed by atoms with Crippen molar-refractivity contribution in [1.82, 2.24) is 4.90 Å². The summed E-state index contributed by atoms with van der Waals surface area (Å²) < 4.78 is 61.1. The molecule has 1 saturated heterocycles. The van der Waals surface area contributed by atoms with Gasteiger partial charge in [0, 0.05) is 37.2 Å². The molecule has 0 bridgehead atoms. The molecule has 1 aromatic heterocycles. The average Bonchev–Trinajstić information content (AvgIpc) is 3.11. The van der Waals surface area contributed by atoms with Crippen molar-refractivity contribution in [3.63, 3.8) is 0 Å². The Morgan fingerprint density at radius 3 is 2.33 bits per heavy atom. The van der Waals surface area contributed by atoms with Gasteiger partial charge in [0.1, 0.15) is 4.21 Å². The summed E-state index contributed by atoms with van der Waals surface area (Å²) in [6.45, 7) is 1.38. The van der Waals surface area contributed by atoms with E-state index in [1.165, 1.54) is 17.5 Å². The topological polar surface area (TPSA) is 83.7 Å². The van der Waals surface area contributed by atoms with Gasteiger partial charge in [0.25, 0.3) is 5.91 Å². The number of nitrogens with zero attached hydrogens (tertiary/aromatic N) is 2. The van der Waals surface area contributed by atoms with E-state index in [-0.39, 0.29) is 15.7 Å². The Kier molecular flexibility index (Phi) is 5.19. The molecule has 0 aliphatic carbocycles. The fourth-order valence-electron chi connectivity index (χ4n) is 2.81. The van der Waals surface area contributed by atoms with Gasteiger partial charge in [0.2, 0.25) is 10.0 Å². The fraction of sp³-hybridized carbons (Fsp3) is 0.312. The lowest BCUT2D eigenvalue weighted by molar-refractivity contribution is -0.137. The number of anilines is 1. The van der Waals surface area contributed by atoms with Gasteiger partial charge in [0.05, 0.1) is 11.1 Å². The molecule has 0 atom stereocenters. The lowest BCUT2D eigenvalue weighted by atomic mass is 10.1. The Labute approximate surface area is 158 Å². The number of rotatable bonds is 3. The Hall–Kier alpha value is -2.11. The number of halogens is 3. The molecule has 27 heavy (non-hydrogen) atoms. The first-order valence-electron chi connectivity index (χ1n) is 7.88. The average molecular weight is 419 g/mol. The van der Waals surface area contributed by atoms with Crippen LogP contribution in [0, 0.1) is 0 Å². The van der Waals surface area contributed by atoms with Crippen LogP contribution in [0.4, 0.5) is 18.9 Å². The van der Waals surface area contributed by atoms with E-state index in [0.29, 0.717) is 31.9 Å². The molecule has 1 aliphatic heterocycles. The molecule has 11 heteroatoms. The van der Waals surface area contributed by atoms with Crippen molar-refractivity contribution in [1.29, 1.82) is 0 Å². The molecule has 1 aromatic carbocycles. The van der Waals surface area contributed by atoms with Crippen LogP contribution in [0.5, 0.6) is 0 Å². The Bertz CT molecular complexity index is 949. The van der Waals surface area contributed by atoms with Crippen LogP contribution >= 0.6 is 11.3 Å². The summed E-state index contributed by atoms with van der Waals surface area (Å²) in [7, 11) is -3.86. The molecular weight excluding hydrogens is 403 g/mol. The zero-order valence-corrected chi connectivity index (χ0v) is 15.6. The molecule has 2 aromatic rings. The van der Waals surface area contributed by atoms with Gasteiger partial charge in [-0.1, -0.05) is 6.07 Å². The van der Waals surface area contributed by atoms with E-state index in [0.717, 1.165) is 23.5 Å². The highest BCUT2D eigenvalue weighted by molar-refractivity contribution is 7.91. The predicted octanol–water partition coefficient (Wildman–Crippen LogP) is 2.38. The zero-order valence-electron chi connectivity index (χ0n) is 13.9. The highest BCUT2D eigenvalue weighted by atomic mass is 32.2. The number of alkyl halides is 3. The van der Waals surface area contributed by atoms with Gasteiger partial charge in [-0.2, -0.15) is 13.2 Å². The first-order chi connectivity index (χ1) is 12.6. The van der Waals surface area contributed by atoms with Crippen LogP contribution in [-0.2, 0) is 16.2 Å². The Morgan fingerprint density at radius 1 is 1.11 bits per heavy atom. The first kappa shape index (κ1) is 19.6. The second-order valence-electron chi connectivity index (χ2n) is 6.03. The second-order valence-corrected chi connectivity index (χ2v) is 8.73. The van der Waals surface area contributed by atoms with Gasteiger partial charge in [0.15, 0.2) is 0 Å². The van der Waals surface area contributed by atoms with Crippen molar-refractivity contribution < 1.29 is 26.4 Å². The molecule has 2 heterocycles. The third-order valence-corrected chi connectivity index (χ3v) is 6.59. The van der Waals surface area contributed by atoms with Gasteiger partial charge in [-0.15, -0.1) is 11.3 Å². The third kappa shape index (κ3) is 4.42. The van der Waals surface area contributed by atoms with E-state index in [2.05, 4.69) is 0 Å². The predicted molar refractivity (Wildman–Crippen MR) is 95.3 cm³/mol. The molecule has 0 spiro atoms. The number of carbonyl (C=O) groups is 1. The van der Waals surface area contributed by atoms with Crippen molar-refractivity contribution in [3.8, 4) is 0 Å². The highest BCUT2D eigenvalue weighted by Crippen LogP contribution is 2.32. The lowest BCUT2D eigenvalue weighted by Crippen LogP contribution is -2.48. The Balaban J connectivity index is 1.67. The molecule has 0 saturated carbocycles. The van der Waals surface area contributed by atoms with E-state index < -0.39 is 21.8 Å². The maximum atomic E-state index is 12.9. The molecule has 0 unspecified atom stereocenters. The number of thiophene rings is 1. The monoisotopic (exact) mass is 419 g/mol. The van der Waals surface area contributed by atoms with Gasteiger partial charge < -0.3 is 9.80 Å². The van der Waals surface area contributed by atoms with Crippen molar-refractivity contribution in [2.45, 2.75) is 10.4 Å². The largest absolute Gasteiger partial charge is 0.416 e. The van der Waals surface area contributed by atoms with Crippen LogP contribution in [0.15, 0.2) is 39.9 Å². The summed E-state index contributed by atoms with van der Waals surface area (Å²) in [6.07, 6.45) is -4.41. The molecule has 1 fully saturated rings. The molecule has 2 N–H and O–H groups in total. The van der Waals surface area contributed by atoms with Crippen LogP contribution in [0.25, 0.3) is 0 Å². The fourth-order valence-corrected chi connectivity index (χ4v) is 4.39. The standard InChI is InChI=1S/C16H16F3N3O3S2/c17-16(18,19)12-2-1-3-13(9-12)21-4-6-22(7-5-21)15(23)11-8-14(26-10-11)27(20,24)25/h1-3,8-10H,4-7H2,(H2,20,24,25).